The highest BCUT2D eigenvalue weighted by molar-refractivity contribution is 5.60. The third kappa shape index (κ3) is 3.38. The molecule has 0 aromatic rings. The molecule has 2 nitrogen and oxygen atoms in total. The van der Waals surface area contributed by atoms with Crippen LogP contribution in [0.25, 0.3) is 5.53 Å². The van der Waals surface area contributed by atoms with Crippen LogP contribution in [0.3, 0.4) is 0 Å². The van der Waals surface area contributed by atoms with Gasteiger partial charge in [0.2, 0.25) is 0 Å². The second-order valence-electron chi connectivity index (χ2n) is 0.598. The van der Waals surface area contributed by atoms with Gasteiger partial charge in [-0.3, -0.25) is 0 Å². The van der Waals surface area contributed by atoms with Crippen LogP contribution in [0.1, 0.15) is 6.92 Å². The molecule has 0 aliphatic carbocycles. The van der Waals surface area contributed by atoms with Crippen molar-refractivity contribution in [2.45, 2.75) is 6.92 Å². The Balaban J connectivity index is 2.93. The summed E-state index contributed by atoms with van der Waals surface area (Å²) in [5.41, 5.74) is 7.60. The van der Waals surface area contributed by atoms with Crippen LogP contribution < -0.4 is 0 Å². The second-order valence-corrected chi connectivity index (χ2v) is 0.598. The standard InChI is InChI=1S/C3H5N2/c1-2-3-5-4/h2-3H,1H3. The highest BCUT2D eigenvalue weighted by Crippen LogP contribution is 1.51. The van der Waals surface area contributed by atoms with Crippen molar-refractivity contribution in [1.29, 1.82) is 0 Å². The van der Waals surface area contributed by atoms with Gasteiger partial charge < -0.3 is 5.53 Å². The monoisotopic (exact) mass is 69.0 g/mol. The van der Waals surface area contributed by atoms with E-state index in [-0.39, 0.29) is 0 Å². The Hall–Kier alpha value is -0.620. The molecule has 0 aromatic carbocycles. The van der Waals surface area contributed by atoms with Gasteiger partial charge in [0.1, 0.15) is 0 Å². The molecule has 0 atom stereocenters. The van der Waals surface area contributed by atoms with E-state index in [0.29, 0.717) is 0 Å². The van der Waals surface area contributed by atoms with Gasteiger partial charge >= 0.3 is 0 Å². The smallest absolute Gasteiger partial charge is 0.260 e. The molecule has 0 spiro atoms. The van der Waals surface area contributed by atoms with Crippen molar-refractivity contribution >= 4 is 6.21 Å². The molecule has 0 amide bonds. The van der Waals surface area contributed by atoms with E-state index in [4.69, 9.17) is 5.53 Å². The predicted molar refractivity (Wildman–Crippen MR) is 19.7 cm³/mol. The lowest BCUT2D eigenvalue weighted by atomic mass is 10.6. The summed E-state index contributed by atoms with van der Waals surface area (Å²) in [5.74, 6) is 0. The average Bonchev–Trinajstić information content (AvgIpc) is 1.41. The fourth-order valence-electron chi connectivity index (χ4n) is 0.0667. The maximum atomic E-state index is 7.60. The minimum absolute atomic E-state index is 1.31. The molecule has 0 rings (SSSR count). The normalized spacial score (nSPS) is 5.80. The molecule has 1 radical (unpaired) electrons. The molecule has 0 saturated carbocycles. The van der Waals surface area contributed by atoms with E-state index in [2.05, 4.69) is 4.79 Å². The first-order chi connectivity index (χ1) is 2.41. The zero-order chi connectivity index (χ0) is 4.12. The van der Waals surface area contributed by atoms with E-state index in [1.165, 1.54) is 6.21 Å². The van der Waals surface area contributed by atoms with Gasteiger partial charge in [-0.15, -0.1) is 0 Å². The molecule has 0 unspecified atom stereocenters. The summed E-state index contributed by atoms with van der Waals surface area (Å²) < 4.78 is 0. The lowest BCUT2D eigenvalue weighted by molar-refractivity contribution is 0.00398. The van der Waals surface area contributed by atoms with Crippen LogP contribution >= 0.6 is 0 Å². The summed E-state index contributed by atoms with van der Waals surface area (Å²) in [6.07, 6.45) is 2.94. The second kappa shape index (κ2) is 3.38. The van der Waals surface area contributed by atoms with Crippen LogP contribution in [0, 0.1) is 6.42 Å². The maximum Gasteiger partial charge on any atom is 0.260 e. The summed E-state index contributed by atoms with van der Waals surface area (Å²) in [5, 5.41) is 0. The van der Waals surface area contributed by atoms with E-state index in [9.17, 15) is 0 Å². The first-order valence-corrected chi connectivity index (χ1v) is 1.37. The van der Waals surface area contributed by atoms with Crippen molar-refractivity contribution in [3.05, 3.63) is 12.0 Å². The quantitative estimate of drug-likeness (QED) is 0.244. The van der Waals surface area contributed by atoms with E-state index in [1.807, 2.05) is 0 Å². The van der Waals surface area contributed by atoms with Gasteiger partial charge in [-0.05, 0) is 0 Å². The minimum atomic E-state index is 1.31. The van der Waals surface area contributed by atoms with Crippen LogP contribution in [0.2, 0.25) is 0 Å². The summed E-state index contributed by atoms with van der Waals surface area (Å²) >= 11 is 0. The summed E-state index contributed by atoms with van der Waals surface area (Å²) in [7, 11) is 0. The van der Waals surface area contributed by atoms with Crippen molar-refractivity contribution in [3.63, 3.8) is 0 Å². The molecule has 0 aromatic heterocycles. The highest BCUT2D eigenvalue weighted by atomic mass is 14.8. The van der Waals surface area contributed by atoms with Gasteiger partial charge in [-0.1, -0.05) is 6.92 Å². The van der Waals surface area contributed by atoms with Gasteiger partial charge in [0.25, 0.3) is 6.21 Å². The number of hydrogen-bond acceptors (Lipinski definition) is 0. The number of hydrogen-bond donors (Lipinski definition) is 0. The lowest BCUT2D eigenvalue weighted by Crippen LogP contribution is -1.63. The van der Waals surface area contributed by atoms with Crippen molar-refractivity contribution < 1.29 is 4.79 Å². The summed E-state index contributed by atoms with van der Waals surface area (Å²) in [6, 6.07) is 0. The molecule has 0 aliphatic rings. The number of nitrogens with zero attached hydrogens (tertiary/aromatic N) is 2. The van der Waals surface area contributed by atoms with Gasteiger partial charge in [0.05, 0.1) is 6.42 Å². The van der Waals surface area contributed by atoms with E-state index >= 15 is 0 Å². The van der Waals surface area contributed by atoms with E-state index < -0.39 is 0 Å². The zero-order valence-corrected chi connectivity index (χ0v) is 3.05. The van der Waals surface area contributed by atoms with Crippen LogP contribution in [-0.4, -0.2) is 11.0 Å². The molecule has 0 aliphatic heterocycles. The topological polar surface area (TPSA) is 36.4 Å². The number of rotatable bonds is 1. The Labute approximate surface area is 31.1 Å². The Morgan fingerprint density at radius 3 is 2.40 bits per heavy atom. The molecule has 0 fully saturated rings. The SMILES string of the molecule is C[CH]C=[N+]=[N-]. The molecular weight excluding hydrogens is 64.0 g/mol. The van der Waals surface area contributed by atoms with Crippen LogP contribution in [0.15, 0.2) is 0 Å². The molecule has 5 heavy (non-hydrogen) atoms. The fourth-order valence-corrected chi connectivity index (χ4v) is 0.0667. The highest BCUT2D eigenvalue weighted by Gasteiger charge is 1.62. The molecule has 0 N–H and O–H groups in total. The third-order valence-electron chi connectivity index (χ3n) is 0.216. The first kappa shape index (κ1) is 4.38. The molecule has 0 bridgehead atoms. The molecule has 27 valence electrons. The Bertz CT molecular complexity index is 51.9. The first-order valence-electron chi connectivity index (χ1n) is 1.37. The maximum absolute atomic E-state index is 7.60. The Morgan fingerprint density at radius 2 is 2.40 bits per heavy atom. The van der Waals surface area contributed by atoms with Gasteiger partial charge in [0, 0.05) is 0 Å². The molecule has 0 heterocycles. The fraction of sp³-hybridized carbons (Fsp3) is 0.333. The Kier molecular flexibility index (Phi) is 2.96. The molecule has 0 saturated heterocycles. The van der Waals surface area contributed by atoms with Gasteiger partial charge in [0.15, 0.2) is 0 Å². The molecular formula is C3H5N2. The lowest BCUT2D eigenvalue weighted by Gasteiger charge is -1.49. The van der Waals surface area contributed by atoms with Crippen LogP contribution in [0.5, 0.6) is 0 Å². The van der Waals surface area contributed by atoms with E-state index in [1.54, 1.807) is 13.3 Å². The van der Waals surface area contributed by atoms with Crippen molar-refractivity contribution in [2.75, 3.05) is 0 Å². The average molecular weight is 69.1 g/mol. The van der Waals surface area contributed by atoms with E-state index in [0.717, 1.165) is 0 Å². The zero-order valence-electron chi connectivity index (χ0n) is 3.05. The largest absolute Gasteiger partial charge is 0.362 e. The Morgan fingerprint density at radius 1 is 1.80 bits per heavy atom. The third-order valence-corrected chi connectivity index (χ3v) is 0.216. The van der Waals surface area contributed by atoms with Crippen molar-refractivity contribution in [1.82, 2.24) is 0 Å². The van der Waals surface area contributed by atoms with Crippen molar-refractivity contribution in [2.24, 2.45) is 0 Å². The van der Waals surface area contributed by atoms with Crippen LogP contribution in [-0.2, 0) is 0 Å². The summed E-state index contributed by atoms with van der Waals surface area (Å²) in [4.78, 5) is 2.67. The predicted octanol–water partition coefficient (Wildman–Crippen LogP) is 0.511. The van der Waals surface area contributed by atoms with Gasteiger partial charge in [-0.2, -0.15) is 4.79 Å². The minimum Gasteiger partial charge on any atom is -0.362 e. The van der Waals surface area contributed by atoms with Crippen LogP contribution in [0.4, 0.5) is 0 Å². The van der Waals surface area contributed by atoms with Gasteiger partial charge in [-0.25, -0.2) is 0 Å². The van der Waals surface area contributed by atoms with Crippen molar-refractivity contribution in [3.8, 4) is 0 Å². The molecule has 2 heteroatoms. The summed E-state index contributed by atoms with van der Waals surface area (Å²) in [6.45, 7) is 1.78.